The van der Waals surface area contributed by atoms with Gasteiger partial charge in [0, 0.05) is 0 Å². The normalized spacial score (nSPS) is 60.1. The quantitative estimate of drug-likeness (QED) is 0.504. The number of hydrogen-bond donors (Lipinski definition) is 0. The largest absolute Gasteiger partial charge is 0.0622 e. The Morgan fingerprint density at radius 2 is 1.50 bits per heavy atom. The highest BCUT2D eigenvalue weighted by molar-refractivity contribution is 5.25. The van der Waals surface area contributed by atoms with E-state index in [0.29, 0.717) is 21.7 Å². The molecule has 0 radical (unpaired) electrons. The topological polar surface area (TPSA) is 0 Å². The molecule has 6 atom stereocenters. The first-order chi connectivity index (χ1) is 9.27. The van der Waals surface area contributed by atoms with E-state index in [-0.39, 0.29) is 0 Å². The summed E-state index contributed by atoms with van der Waals surface area (Å²) in [6.07, 6.45) is 12.2. The predicted octanol–water partition coefficient (Wildman–Crippen LogP) is 6.06. The fourth-order valence-electron chi connectivity index (χ4n) is 8.98. The Morgan fingerprint density at radius 3 is 2.25 bits per heavy atom. The third kappa shape index (κ3) is 1.23. The summed E-state index contributed by atoms with van der Waals surface area (Å²) in [5.41, 5.74) is 2.59. The molecule has 0 nitrogen and oxygen atoms in total. The van der Waals surface area contributed by atoms with Crippen LogP contribution in [-0.2, 0) is 0 Å². The van der Waals surface area contributed by atoms with Crippen LogP contribution in [0.5, 0.6) is 0 Å². The van der Waals surface area contributed by atoms with Crippen molar-refractivity contribution in [1.82, 2.24) is 0 Å². The van der Waals surface area contributed by atoms with Crippen LogP contribution in [-0.4, -0.2) is 0 Å². The van der Waals surface area contributed by atoms with Gasteiger partial charge in [-0.25, -0.2) is 0 Å². The molecule has 0 amide bonds. The third-order valence-electron chi connectivity index (χ3n) is 8.99. The fourth-order valence-corrected chi connectivity index (χ4v) is 8.98. The molecule has 0 aromatic rings. The lowest BCUT2D eigenvalue weighted by Gasteiger charge is -2.54. The van der Waals surface area contributed by atoms with E-state index in [2.05, 4.69) is 34.6 Å². The summed E-state index contributed by atoms with van der Waals surface area (Å²) in [6, 6.07) is 0. The summed E-state index contributed by atoms with van der Waals surface area (Å²) in [5.74, 6) is 3.03. The molecule has 4 aliphatic rings. The molecular formula is C20H34. The molecule has 4 rings (SSSR count). The molecule has 0 heterocycles. The van der Waals surface area contributed by atoms with Crippen LogP contribution in [0.1, 0.15) is 86.0 Å². The molecule has 0 bridgehead atoms. The Morgan fingerprint density at radius 1 is 0.800 bits per heavy atom. The monoisotopic (exact) mass is 274 g/mol. The molecule has 0 aromatic heterocycles. The smallest absolute Gasteiger partial charge is 0.0125 e. The van der Waals surface area contributed by atoms with Crippen molar-refractivity contribution in [3.05, 3.63) is 0 Å². The Balaban J connectivity index is 1.96. The van der Waals surface area contributed by atoms with E-state index >= 15 is 0 Å². The average Bonchev–Trinajstić information content (AvgIpc) is 2.82. The first-order valence-electron chi connectivity index (χ1n) is 9.27. The van der Waals surface area contributed by atoms with Gasteiger partial charge in [0.1, 0.15) is 0 Å². The van der Waals surface area contributed by atoms with E-state index in [0.717, 1.165) is 17.8 Å². The molecule has 4 saturated carbocycles. The standard InChI is InChI=1S/C20H34/c1-14-7-6-10-18(4)12-9-16-17(2,3)13-19(5)11-8-15(14)20(16,18)19/h14-16H,6-13H2,1-5H3/t14-,15?,16-,18+,19-,20?/m0/s1. The Bertz CT molecular complexity index is 425. The minimum Gasteiger partial charge on any atom is -0.0622 e. The lowest BCUT2D eigenvalue weighted by molar-refractivity contribution is -0.0678. The van der Waals surface area contributed by atoms with Crippen molar-refractivity contribution in [3.8, 4) is 0 Å². The van der Waals surface area contributed by atoms with Crippen LogP contribution in [0.2, 0.25) is 0 Å². The summed E-state index contributed by atoms with van der Waals surface area (Å²) in [5, 5.41) is 0. The molecule has 0 N–H and O–H groups in total. The summed E-state index contributed by atoms with van der Waals surface area (Å²) in [7, 11) is 0. The molecule has 4 aliphatic carbocycles. The van der Waals surface area contributed by atoms with Crippen molar-refractivity contribution >= 4 is 0 Å². The Labute approximate surface area is 126 Å². The molecule has 114 valence electrons. The van der Waals surface area contributed by atoms with Crippen molar-refractivity contribution < 1.29 is 0 Å². The molecule has 1 spiro atoms. The first kappa shape index (κ1) is 13.6. The SMILES string of the molecule is C[C@H]1CCC[C@]2(C)CC[C@H]3C(C)(C)C[C@]4(C)CCC1C324. The van der Waals surface area contributed by atoms with Gasteiger partial charge in [0.15, 0.2) is 0 Å². The van der Waals surface area contributed by atoms with E-state index in [4.69, 9.17) is 0 Å². The summed E-state index contributed by atoms with van der Waals surface area (Å²) in [6.45, 7) is 13.2. The van der Waals surface area contributed by atoms with Crippen molar-refractivity contribution in [2.24, 2.45) is 39.4 Å². The van der Waals surface area contributed by atoms with Gasteiger partial charge in [-0.1, -0.05) is 47.5 Å². The van der Waals surface area contributed by atoms with Crippen LogP contribution in [0.4, 0.5) is 0 Å². The maximum atomic E-state index is 2.71. The van der Waals surface area contributed by atoms with Gasteiger partial charge < -0.3 is 0 Å². The Hall–Kier alpha value is 0. The van der Waals surface area contributed by atoms with Crippen LogP contribution in [0.3, 0.4) is 0 Å². The second kappa shape index (κ2) is 3.66. The van der Waals surface area contributed by atoms with Crippen molar-refractivity contribution in [1.29, 1.82) is 0 Å². The van der Waals surface area contributed by atoms with E-state index < -0.39 is 0 Å². The summed E-state index contributed by atoms with van der Waals surface area (Å²) in [4.78, 5) is 0. The maximum Gasteiger partial charge on any atom is -0.0125 e. The van der Waals surface area contributed by atoms with E-state index in [9.17, 15) is 0 Å². The van der Waals surface area contributed by atoms with Gasteiger partial charge in [-0.15, -0.1) is 0 Å². The van der Waals surface area contributed by atoms with E-state index in [1.165, 1.54) is 44.9 Å². The van der Waals surface area contributed by atoms with Crippen LogP contribution in [0.25, 0.3) is 0 Å². The zero-order valence-electron chi connectivity index (χ0n) is 14.4. The zero-order chi connectivity index (χ0) is 14.4. The van der Waals surface area contributed by atoms with Crippen LogP contribution in [0.15, 0.2) is 0 Å². The molecule has 4 fully saturated rings. The molecular weight excluding hydrogens is 240 g/mol. The molecule has 20 heavy (non-hydrogen) atoms. The molecule has 2 unspecified atom stereocenters. The second-order valence-corrected chi connectivity index (χ2v) is 10.3. The highest BCUT2D eigenvalue weighted by atomic mass is 14.8. The van der Waals surface area contributed by atoms with Gasteiger partial charge in [0.25, 0.3) is 0 Å². The van der Waals surface area contributed by atoms with Gasteiger partial charge in [0.05, 0.1) is 0 Å². The highest BCUT2D eigenvalue weighted by Crippen LogP contribution is 2.84. The number of hydrogen-bond acceptors (Lipinski definition) is 0. The van der Waals surface area contributed by atoms with Crippen molar-refractivity contribution in [2.75, 3.05) is 0 Å². The number of rotatable bonds is 0. The lowest BCUT2D eigenvalue weighted by atomic mass is 9.50. The predicted molar refractivity (Wildman–Crippen MR) is 85.5 cm³/mol. The van der Waals surface area contributed by atoms with Crippen molar-refractivity contribution in [2.45, 2.75) is 86.0 Å². The van der Waals surface area contributed by atoms with E-state index in [1.807, 2.05) is 0 Å². The van der Waals surface area contributed by atoms with Gasteiger partial charge in [-0.2, -0.15) is 0 Å². The fraction of sp³-hybridized carbons (Fsp3) is 1.00. The van der Waals surface area contributed by atoms with Crippen LogP contribution >= 0.6 is 0 Å². The summed E-state index contributed by atoms with van der Waals surface area (Å²) >= 11 is 0. The Kier molecular flexibility index (Phi) is 2.50. The van der Waals surface area contributed by atoms with Crippen molar-refractivity contribution in [3.63, 3.8) is 0 Å². The molecule has 0 saturated heterocycles. The third-order valence-corrected chi connectivity index (χ3v) is 8.99. The van der Waals surface area contributed by atoms with Gasteiger partial charge in [-0.3, -0.25) is 0 Å². The lowest BCUT2D eigenvalue weighted by Crippen LogP contribution is -2.49. The molecule has 0 heteroatoms. The minimum absolute atomic E-state index is 0.592. The van der Waals surface area contributed by atoms with Crippen LogP contribution in [0, 0.1) is 39.4 Å². The van der Waals surface area contributed by atoms with Gasteiger partial charge in [-0.05, 0) is 77.9 Å². The average molecular weight is 274 g/mol. The highest BCUT2D eigenvalue weighted by Gasteiger charge is 2.77. The minimum atomic E-state index is 0.592. The zero-order valence-corrected chi connectivity index (χ0v) is 14.4. The van der Waals surface area contributed by atoms with E-state index in [1.54, 1.807) is 6.42 Å². The van der Waals surface area contributed by atoms with Crippen LogP contribution < -0.4 is 0 Å². The second-order valence-electron chi connectivity index (χ2n) is 10.3. The maximum absolute atomic E-state index is 2.71. The van der Waals surface area contributed by atoms with Gasteiger partial charge >= 0.3 is 0 Å². The molecule has 0 aromatic carbocycles. The first-order valence-corrected chi connectivity index (χ1v) is 9.27. The summed E-state index contributed by atoms with van der Waals surface area (Å²) < 4.78 is 0. The molecule has 0 aliphatic heterocycles. The van der Waals surface area contributed by atoms with Gasteiger partial charge in [0.2, 0.25) is 0 Å².